The fraction of sp³-hybridized carbons (Fsp3) is 0.480. The number of nitrogens with one attached hydrogen (secondary N) is 2. The first-order chi connectivity index (χ1) is 16.2. The van der Waals surface area contributed by atoms with Crippen LogP contribution in [-0.4, -0.2) is 63.8 Å². The van der Waals surface area contributed by atoms with E-state index >= 15 is 0 Å². The molecule has 2 N–H and O–H groups in total. The number of hydrogen-bond donors (Lipinski definition) is 2. The Hall–Kier alpha value is -2.97. The molecule has 8 nitrogen and oxygen atoms in total. The van der Waals surface area contributed by atoms with Crippen LogP contribution in [0.15, 0.2) is 24.4 Å². The number of benzene rings is 1. The molecule has 0 radical (unpaired) electrons. The van der Waals surface area contributed by atoms with Crippen molar-refractivity contribution in [2.75, 3.05) is 41.0 Å². The molecule has 1 saturated heterocycles. The summed E-state index contributed by atoms with van der Waals surface area (Å²) in [4.78, 5) is 17.6. The van der Waals surface area contributed by atoms with Crippen molar-refractivity contribution in [3.8, 4) is 28.5 Å². The van der Waals surface area contributed by atoms with Gasteiger partial charge in [-0.1, -0.05) is 19.9 Å². The summed E-state index contributed by atoms with van der Waals surface area (Å²) in [6, 6.07) is 4.38. The van der Waals surface area contributed by atoms with Crippen molar-refractivity contribution in [3.63, 3.8) is 0 Å². The second-order valence-corrected chi connectivity index (χ2v) is 7.32. The van der Waals surface area contributed by atoms with E-state index in [2.05, 4.69) is 21.7 Å². The van der Waals surface area contributed by atoms with E-state index in [1.807, 2.05) is 39.0 Å². The van der Waals surface area contributed by atoms with E-state index in [9.17, 15) is 0 Å². The summed E-state index contributed by atoms with van der Waals surface area (Å²) < 4.78 is 16.4. The lowest BCUT2D eigenvalue weighted by atomic mass is 10.1. The average molecular weight is 461 g/mol. The predicted molar refractivity (Wildman–Crippen MR) is 135 cm³/mol. The van der Waals surface area contributed by atoms with E-state index in [4.69, 9.17) is 24.0 Å². The van der Waals surface area contributed by atoms with Crippen molar-refractivity contribution in [2.24, 2.45) is 0 Å². The second kappa shape index (κ2) is 13.5. The van der Waals surface area contributed by atoms with E-state index < -0.39 is 0 Å². The molecular weight excluding hydrogens is 420 g/mol. The molecule has 2 heterocycles. The van der Waals surface area contributed by atoms with Gasteiger partial charge < -0.3 is 29.6 Å². The summed E-state index contributed by atoms with van der Waals surface area (Å²) in [5.41, 5.74) is 4.87. The standard InChI is InChI=1S/C22H28N4O3.C2H6.CH2O.2H2/c1-27-19-9-15(10-20(28-2)22(19)29-3)18-13-25-17-7-6-14(21(17)26-18)11-23-12-16-5-4-8-24-16;2*1-2;;/h6,9-10,13,16,23-24H,4-5,7-8,11-12H2,1-3H3;1-2H3;1H2;2*1H. The zero-order valence-electron chi connectivity index (χ0n) is 20.4. The Labute approximate surface area is 199 Å². The Morgan fingerprint density at radius 3 is 2.42 bits per heavy atom. The smallest absolute Gasteiger partial charge is 0.203 e. The van der Waals surface area contributed by atoms with Gasteiger partial charge in [-0.25, -0.2) is 4.98 Å². The lowest BCUT2D eigenvalue weighted by molar-refractivity contribution is -0.0979. The summed E-state index contributed by atoms with van der Waals surface area (Å²) in [6.45, 7) is 8.91. The number of ether oxygens (including phenoxy) is 3. The van der Waals surface area contributed by atoms with E-state index in [-0.39, 0.29) is 2.85 Å². The quantitative estimate of drug-likeness (QED) is 0.615. The molecule has 0 spiro atoms. The van der Waals surface area contributed by atoms with Crippen molar-refractivity contribution >= 4 is 12.4 Å². The molecule has 33 heavy (non-hydrogen) atoms. The van der Waals surface area contributed by atoms with Gasteiger partial charge in [0.25, 0.3) is 0 Å². The van der Waals surface area contributed by atoms with Gasteiger partial charge in [0.05, 0.1) is 44.6 Å². The molecule has 2 aromatic rings. The van der Waals surface area contributed by atoms with E-state index in [1.165, 1.54) is 18.4 Å². The van der Waals surface area contributed by atoms with Crippen LogP contribution in [0.25, 0.3) is 16.8 Å². The molecular formula is C25H40N4O4. The minimum absolute atomic E-state index is 0. The van der Waals surface area contributed by atoms with Gasteiger partial charge in [-0.2, -0.15) is 0 Å². The predicted octanol–water partition coefficient (Wildman–Crippen LogP) is 3.78. The van der Waals surface area contributed by atoms with Crippen LogP contribution in [0.2, 0.25) is 0 Å². The molecule has 0 saturated carbocycles. The molecule has 8 heteroatoms. The maximum atomic E-state index is 8.00. The Morgan fingerprint density at radius 2 is 1.85 bits per heavy atom. The normalized spacial score (nSPS) is 15.9. The zero-order chi connectivity index (χ0) is 24.2. The molecule has 4 rings (SSSR count). The summed E-state index contributed by atoms with van der Waals surface area (Å²) in [5.74, 6) is 1.77. The highest BCUT2D eigenvalue weighted by molar-refractivity contribution is 5.74. The van der Waals surface area contributed by atoms with Crippen molar-refractivity contribution in [1.29, 1.82) is 0 Å². The molecule has 0 amide bonds. The van der Waals surface area contributed by atoms with Gasteiger partial charge >= 0.3 is 0 Å². The Kier molecular flexibility index (Phi) is 10.8. The molecule has 0 bridgehead atoms. The van der Waals surface area contributed by atoms with Crippen molar-refractivity contribution in [3.05, 3.63) is 35.8 Å². The van der Waals surface area contributed by atoms with Crippen LogP contribution in [0.4, 0.5) is 0 Å². The number of methoxy groups -OCH3 is 3. The summed E-state index contributed by atoms with van der Waals surface area (Å²) in [7, 11) is 4.82. The first-order valence-electron chi connectivity index (χ1n) is 11.3. The van der Waals surface area contributed by atoms with E-state index in [0.29, 0.717) is 23.3 Å². The third kappa shape index (κ3) is 6.30. The maximum Gasteiger partial charge on any atom is 0.203 e. The van der Waals surface area contributed by atoms with Gasteiger partial charge in [-0.15, -0.1) is 0 Å². The van der Waals surface area contributed by atoms with Gasteiger partial charge in [0.2, 0.25) is 5.75 Å². The molecule has 1 aromatic heterocycles. The number of fused-ring (bicyclic) bond motifs is 1. The number of nitrogens with zero attached hydrogens (tertiary/aromatic N) is 2. The van der Waals surface area contributed by atoms with Gasteiger partial charge in [0.1, 0.15) is 6.79 Å². The SMILES string of the molecule is C=O.CC.COc1cc(-c2cnc3c(n2)C(CNCC2CCCN2)=CC3)cc(OC)c1OC.[HH].[HH]. The summed E-state index contributed by atoms with van der Waals surface area (Å²) in [5, 5.41) is 7.08. The molecule has 1 aliphatic carbocycles. The van der Waals surface area contributed by atoms with Gasteiger partial charge in [-0.3, -0.25) is 4.98 Å². The lowest BCUT2D eigenvalue weighted by Gasteiger charge is -2.15. The monoisotopic (exact) mass is 460 g/mol. The lowest BCUT2D eigenvalue weighted by Crippen LogP contribution is -2.34. The molecule has 1 atom stereocenters. The number of carbonyl (C=O) groups is 1. The number of allylic oxidation sites excluding steroid dienone is 1. The molecule has 184 valence electrons. The van der Waals surface area contributed by atoms with Gasteiger partial charge in [0, 0.05) is 34.0 Å². The highest BCUT2D eigenvalue weighted by Crippen LogP contribution is 2.41. The van der Waals surface area contributed by atoms with Crippen LogP contribution in [0.5, 0.6) is 17.2 Å². The maximum absolute atomic E-state index is 8.00. The van der Waals surface area contributed by atoms with Crippen LogP contribution in [0, 0.1) is 0 Å². The van der Waals surface area contributed by atoms with Crippen LogP contribution >= 0.6 is 0 Å². The fourth-order valence-corrected chi connectivity index (χ4v) is 3.97. The molecule has 1 aromatic carbocycles. The highest BCUT2D eigenvalue weighted by Gasteiger charge is 2.21. The van der Waals surface area contributed by atoms with E-state index in [0.717, 1.165) is 48.7 Å². The average Bonchev–Trinajstić information content (AvgIpc) is 3.55. The minimum Gasteiger partial charge on any atom is -0.493 e. The fourth-order valence-electron chi connectivity index (χ4n) is 3.97. The molecule has 1 fully saturated rings. The van der Waals surface area contributed by atoms with E-state index in [1.54, 1.807) is 21.3 Å². The number of aromatic nitrogens is 2. The first-order valence-corrected chi connectivity index (χ1v) is 11.3. The Balaban J connectivity index is 0.00000183. The van der Waals surface area contributed by atoms with Crippen molar-refractivity contribution < 1.29 is 21.9 Å². The van der Waals surface area contributed by atoms with Gasteiger partial charge in [-0.05, 0) is 37.1 Å². The largest absolute Gasteiger partial charge is 0.493 e. The molecule has 1 aliphatic heterocycles. The number of carbonyl (C=O) groups excluding carboxylic acids is 1. The van der Waals surface area contributed by atoms with Crippen molar-refractivity contribution in [1.82, 2.24) is 20.6 Å². The Morgan fingerprint density at radius 1 is 1.15 bits per heavy atom. The number of hydrogen-bond acceptors (Lipinski definition) is 8. The third-order valence-electron chi connectivity index (χ3n) is 5.52. The van der Waals surface area contributed by atoms with Crippen LogP contribution in [-0.2, 0) is 11.2 Å². The first kappa shape index (κ1) is 26.3. The Bertz CT molecular complexity index is 913. The van der Waals surface area contributed by atoms with Crippen molar-refractivity contribution in [2.45, 2.75) is 39.2 Å². The van der Waals surface area contributed by atoms with Crippen LogP contribution in [0.1, 0.15) is 40.9 Å². The van der Waals surface area contributed by atoms with Crippen LogP contribution in [0.3, 0.4) is 0 Å². The van der Waals surface area contributed by atoms with Gasteiger partial charge in [0.15, 0.2) is 11.5 Å². The third-order valence-corrected chi connectivity index (χ3v) is 5.52. The van der Waals surface area contributed by atoms with Crippen LogP contribution < -0.4 is 24.8 Å². The highest BCUT2D eigenvalue weighted by atomic mass is 16.5. The minimum atomic E-state index is 0. The zero-order valence-corrected chi connectivity index (χ0v) is 20.4. The second-order valence-electron chi connectivity index (χ2n) is 7.32. The summed E-state index contributed by atoms with van der Waals surface area (Å²) >= 11 is 0. The summed E-state index contributed by atoms with van der Waals surface area (Å²) in [6.07, 6.45) is 7.37. The topological polar surface area (TPSA) is 94.6 Å². The molecule has 2 aliphatic rings. The molecule has 1 unspecified atom stereocenters. The number of rotatable bonds is 8.